The number of carbonyl (C=O) groups is 2. The second-order valence-corrected chi connectivity index (χ2v) is 11.4. The van der Waals surface area contributed by atoms with Gasteiger partial charge >= 0.3 is 5.97 Å². The summed E-state index contributed by atoms with van der Waals surface area (Å²) in [6.07, 6.45) is -0.590. The topological polar surface area (TPSA) is 108 Å². The molecule has 0 aromatic rings. The minimum atomic E-state index is -1.37. The van der Waals surface area contributed by atoms with Crippen molar-refractivity contribution in [2.45, 2.75) is 89.9 Å². The van der Waals surface area contributed by atoms with Crippen LogP contribution in [-0.2, 0) is 33.3 Å². The lowest BCUT2D eigenvalue weighted by atomic mass is 9.76. The number of nitrogens with zero attached hydrogens (tertiary/aromatic N) is 1. The van der Waals surface area contributed by atoms with Gasteiger partial charge in [-0.25, -0.2) is 0 Å². The van der Waals surface area contributed by atoms with Gasteiger partial charge in [-0.05, 0) is 54.3 Å². The van der Waals surface area contributed by atoms with Crippen LogP contribution >= 0.6 is 0 Å². The number of likely N-dealkylation sites (N-methyl/N-ethyl adjacent to an activating group) is 3. The summed E-state index contributed by atoms with van der Waals surface area (Å²) in [7, 11) is 7.39. The summed E-state index contributed by atoms with van der Waals surface area (Å²) in [5.74, 6) is -2.60. The third-order valence-corrected chi connectivity index (χ3v) is 8.08. The zero-order chi connectivity index (χ0) is 26.8. The summed E-state index contributed by atoms with van der Waals surface area (Å²) in [4.78, 5) is 29.2. The van der Waals surface area contributed by atoms with Crippen molar-refractivity contribution in [1.82, 2.24) is 15.5 Å². The van der Waals surface area contributed by atoms with Gasteiger partial charge in [0.2, 0.25) is 0 Å². The van der Waals surface area contributed by atoms with Gasteiger partial charge in [-0.3, -0.25) is 14.5 Å². The number of cyclic esters (lactones) is 1. The largest absolute Gasteiger partial charge is 0.463 e. The van der Waals surface area contributed by atoms with E-state index in [4.69, 9.17) is 23.7 Å². The van der Waals surface area contributed by atoms with Gasteiger partial charge in [0.1, 0.15) is 24.2 Å². The predicted octanol–water partition coefficient (Wildman–Crippen LogP) is 1.17. The van der Waals surface area contributed by atoms with E-state index in [-0.39, 0.29) is 36.5 Å². The Hall–Kier alpha value is -1.14. The highest BCUT2D eigenvalue weighted by atomic mass is 16.8. The van der Waals surface area contributed by atoms with Gasteiger partial charge < -0.3 is 34.3 Å². The van der Waals surface area contributed by atoms with Crippen LogP contribution in [0.25, 0.3) is 0 Å². The maximum Gasteiger partial charge on any atom is 0.319 e. The van der Waals surface area contributed by atoms with Crippen molar-refractivity contribution >= 4 is 11.8 Å². The number of Topliss-reactive ketones (excluding diaryl/α,β-unsaturated/α-hetero) is 1. The Bertz CT molecular complexity index is 781. The maximum absolute atomic E-state index is 13.8. The van der Waals surface area contributed by atoms with Gasteiger partial charge in [0.05, 0.1) is 12.1 Å². The predicted molar refractivity (Wildman–Crippen MR) is 134 cm³/mol. The van der Waals surface area contributed by atoms with Crippen LogP contribution in [0.1, 0.15) is 47.5 Å². The summed E-state index contributed by atoms with van der Waals surface area (Å²) in [6, 6.07) is -0.0405. The fourth-order valence-electron chi connectivity index (χ4n) is 5.96. The lowest BCUT2D eigenvalue weighted by Crippen LogP contribution is -2.69. The number of ether oxygens (including phenoxy) is 5. The second-order valence-electron chi connectivity index (χ2n) is 11.4. The van der Waals surface area contributed by atoms with Gasteiger partial charge in [-0.2, -0.15) is 0 Å². The second kappa shape index (κ2) is 11.7. The third-order valence-electron chi connectivity index (χ3n) is 8.08. The summed E-state index contributed by atoms with van der Waals surface area (Å²) < 4.78 is 31.3. The van der Waals surface area contributed by atoms with Crippen molar-refractivity contribution in [3.8, 4) is 0 Å². The van der Waals surface area contributed by atoms with Crippen LogP contribution in [0.3, 0.4) is 0 Å². The molecule has 0 spiro atoms. The molecule has 0 bridgehead atoms. The fraction of sp³-hybridized carbons (Fsp3) is 0.923. The van der Waals surface area contributed by atoms with E-state index in [1.807, 2.05) is 28.1 Å². The van der Waals surface area contributed by atoms with Crippen LogP contribution in [0.2, 0.25) is 0 Å². The van der Waals surface area contributed by atoms with Crippen molar-refractivity contribution in [1.29, 1.82) is 0 Å². The number of nitrogens with one attached hydrogen (secondary N) is 2. The van der Waals surface area contributed by atoms with Crippen LogP contribution in [-0.4, -0.2) is 107 Å². The van der Waals surface area contributed by atoms with E-state index < -0.39 is 41.6 Å². The molecule has 9 atom stereocenters. The molecule has 3 aliphatic rings. The first kappa shape index (κ1) is 29.4. The molecule has 36 heavy (non-hydrogen) atoms. The molecule has 10 nitrogen and oxygen atoms in total. The van der Waals surface area contributed by atoms with Crippen molar-refractivity contribution in [3.63, 3.8) is 0 Å². The van der Waals surface area contributed by atoms with Crippen molar-refractivity contribution < 1.29 is 33.3 Å². The lowest BCUT2D eigenvalue weighted by molar-refractivity contribution is -0.421. The van der Waals surface area contributed by atoms with Crippen LogP contribution < -0.4 is 10.6 Å². The van der Waals surface area contributed by atoms with E-state index in [9.17, 15) is 9.59 Å². The summed E-state index contributed by atoms with van der Waals surface area (Å²) in [5.41, 5.74) is -1.37. The molecular weight excluding hydrogens is 466 g/mol. The minimum Gasteiger partial charge on any atom is -0.463 e. The smallest absolute Gasteiger partial charge is 0.319 e. The van der Waals surface area contributed by atoms with Gasteiger partial charge in [-0.15, -0.1) is 0 Å². The van der Waals surface area contributed by atoms with E-state index in [1.54, 1.807) is 27.9 Å². The normalized spacial score (nSPS) is 42.8. The standard InChI is InChI=1S/C26H47N3O7/c1-15-11-26(32-9)22(35-23-20(36-26)19(28-7)10-16(2)34-23)17(3)21(30)25(4,5)24(31)33-14-18(12-27-6)29(8)13-15/h15-20,22-23,27-28H,10-14H2,1-9H3/t15-,16-,17+,18+,19+,20-,22-,23+,26+/m1/s1. The Morgan fingerprint density at radius 2 is 1.83 bits per heavy atom. The molecule has 2 N–H and O–H groups in total. The number of carbonyl (C=O) groups excluding carboxylic acids is 2. The quantitative estimate of drug-likeness (QED) is 0.420. The van der Waals surface area contributed by atoms with E-state index in [0.29, 0.717) is 19.5 Å². The molecule has 0 aliphatic carbocycles. The van der Waals surface area contributed by atoms with Crippen LogP contribution in [0.4, 0.5) is 0 Å². The number of hydrogen-bond acceptors (Lipinski definition) is 10. The average molecular weight is 514 g/mol. The lowest BCUT2D eigenvalue weighted by Gasteiger charge is -2.54. The zero-order valence-corrected chi connectivity index (χ0v) is 23.5. The molecule has 0 aromatic heterocycles. The number of esters is 1. The highest BCUT2D eigenvalue weighted by molar-refractivity contribution is 6.04. The molecule has 208 valence electrons. The Labute approximate surface area is 216 Å². The minimum absolute atomic E-state index is 0.00623. The molecule has 0 amide bonds. The molecule has 10 heteroatoms. The molecule has 3 fully saturated rings. The fourth-order valence-corrected chi connectivity index (χ4v) is 5.96. The summed E-state index contributed by atoms with van der Waals surface area (Å²) in [6.45, 7) is 10.7. The van der Waals surface area contributed by atoms with Gasteiger partial charge in [0.15, 0.2) is 17.9 Å². The highest BCUT2D eigenvalue weighted by Gasteiger charge is 2.59. The molecule has 0 saturated carbocycles. The Morgan fingerprint density at radius 1 is 1.14 bits per heavy atom. The Balaban J connectivity index is 2.04. The van der Waals surface area contributed by atoms with Crippen LogP contribution in [0.15, 0.2) is 0 Å². The summed E-state index contributed by atoms with van der Waals surface area (Å²) >= 11 is 0. The van der Waals surface area contributed by atoms with Gasteiger partial charge in [0.25, 0.3) is 0 Å². The SMILES string of the molecule is CNC[C@H]1COC(=O)C(C)(C)C(=O)[C@H](C)[C@H]2O[C@@H]3O[C@H](C)C[C@H](NC)[C@H]3O[C@@]2(OC)C[C@@H](C)CN1C. The number of ketones is 1. The highest BCUT2D eigenvalue weighted by Crippen LogP contribution is 2.44. The molecule has 0 aromatic carbocycles. The number of rotatable bonds is 4. The van der Waals surface area contributed by atoms with E-state index in [0.717, 1.165) is 6.42 Å². The molecule has 3 aliphatic heterocycles. The van der Waals surface area contributed by atoms with E-state index in [2.05, 4.69) is 22.5 Å². The molecule has 3 rings (SSSR count). The van der Waals surface area contributed by atoms with Gasteiger partial charge in [-0.1, -0.05) is 13.8 Å². The van der Waals surface area contributed by atoms with E-state index >= 15 is 0 Å². The first-order chi connectivity index (χ1) is 16.9. The first-order valence-corrected chi connectivity index (χ1v) is 13.2. The first-order valence-electron chi connectivity index (χ1n) is 13.2. The molecular formula is C26H47N3O7. The van der Waals surface area contributed by atoms with Crippen molar-refractivity contribution in [2.24, 2.45) is 17.3 Å². The number of methoxy groups -OCH3 is 1. The molecule has 3 saturated heterocycles. The number of fused-ring (bicyclic) bond motifs is 2. The van der Waals surface area contributed by atoms with Gasteiger partial charge in [0, 0.05) is 38.6 Å². The third kappa shape index (κ3) is 5.80. The molecule has 0 unspecified atom stereocenters. The van der Waals surface area contributed by atoms with Crippen molar-refractivity contribution in [2.75, 3.05) is 47.9 Å². The van der Waals surface area contributed by atoms with Crippen LogP contribution in [0, 0.1) is 17.3 Å². The molecule has 0 radical (unpaired) electrons. The zero-order valence-electron chi connectivity index (χ0n) is 23.5. The van der Waals surface area contributed by atoms with Crippen LogP contribution in [0.5, 0.6) is 0 Å². The Kier molecular flexibility index (Phi) is 9.57. The van der Waals surface area contributed by atoms with E-state index in [1.165, 1.54) is 0 Å². The molecule has 3 heterocycles. The van der Waals surface area contributed by atoms with Crippen molar-refractivity contribution in [3.05, 3.63) is 0 Å². The monoisotopic (exact) mass is 513 g/mol. The summed E-state index contributed by atoms with van der Waals surface area (Å²) in [5, 5.41) is 6.52. The Morgan fingerprint density at radius 3 is 2.44 bits per heavy atom. The number of hydrogen-bond donors (Lipinski definition) is 2. The average Bonchev–Trinajstić information content (AvgIpc) is 2.83. The maximum atomic E-state index is 13.8.